The number of thioether (sulfide) groups is 1. The number of aromatic nitrogens is 1. The molecule has 9 nitrogen and oxygen atoms in total. The fourth-order valence-electron chi connectivity index (χ4n) is 4.87. The predicted octanol–water partition coefficient (Wildman–Crippen LogP) is 5.51. The zero-order valence-electron chi connectivity index (χ0n) is 23.7. The minimum atomic E-state index is -0.579. The minimum Gasteiger partial charge on any atom is -0.493 e. The average Bonchev–Trinajstić information content (AvgIpc) is 3.44. The second kappa shape index (κ2) is 13.4. The highest BCUT2D eigenvalue weighted by molar-refractivity contribution is 8.16. The van der Waals surface area contributed by atoms with Crippen LogP contribution in [0.3, 0.4) is 0 Å². The van der Waals surface area contributed by atoms with E-state index < -0.39 is 12.0 Å². The summed E-state index contributed by atoms with van der Waals surface area (Å²) in [6.07, 6.45) is 4.05. The molecule has 0 spiro atoms. The molecule has 216 valence electrons. The first-order chi connectivity index (χ1) is 20.5. The van der Waals surface area contributed by atoms with E-state index in [1.54, 1.807) is 19.5 Å². The number of fused-ring (bicyclic) bond motifs is 1. The van der Waals surface area contributed by atoms with Crippen LogP contribution in [0.4, 0.5) is 0 Å². The Hall–Kier alpha value is -4.57. The monoisotopic (exact) mass is 584 g/mol. The molecular weight excluding hydrogens is 552 g/mol. The number of rotatable bonds is 11. The maximum Gasteiger partial charge on any atom is 0.338 e. The van der Waals surface area contributed by atoms with Gasteiger partial charge < -0.3 is 24.4 Å². The number of hydrogen-bond acceptors (Lipinski definition) is 9. The Morgan fingerprint density at radius 3 is 2.55 bits per heavy atom. The van der Waals surface area contributed by atoms with Crippen LogP contribution in [0.25, 0.3) is 0 Å². The smallest absolute Gasteiger partial charge is 0.338 e. The second-order valence-electron chi connectivity index (χ2n) is 9.60. The zero-order chi connectivity index (χ0) is 29.5. The Morgan fingerprint density at radius 2 is 1.83 bits per heavy atom. The Bertz CT molecular complexity index is 1540. The Labute approximate surface area is 249 Å². The van der Waals surface area contributed by atoms with Gasteiger partial charge in [0.05, 0.1) is 38.0 Å². The van der Waals surface area contributed by atoms with Crippen molar-refractivity contribution in [1.29, 1.82) is 0 Å². The van der Waals surface area contributed by atoms with Crippen molar-refractivity contribution in [2.75, 3.05) is 14.2 Å². The molecule has 1 N–H and O–H groups in total. The van der Waals surface area contributed by atoms with Gasteiger partial charge in [0, 0.05) is 24.6 Å². The van der Waals surface area contributed by atoms with Gasteiger partial charge in [-0.1, -0.05) is 61.2 Å². The lowest BCUT2D eigenvalue weighted by Crippen LogP contribution is -2.38. The maximum absolute atomic E-state index is 13.2. The van der Waals surface area contributed by atoms with Gasteiger partial charge >= 0.3 is 5.97 Å². The van der Waals surface area contributed by atoms with Crippen molar-refractivity contribution in [3.05, 3.63) is 112 Å². The van der Waals surface area contributed by atoms with E-state index in [4.69, 9.17) is 19.2 Å². The van der Waals surface area contributed by atoms with Gasteiger partial charge in [-0.15, -0.1) is 0 Å². The molecule has 2 aliphatic rings. The zero-order valence-corrected chi connectivity index (χ0v) is 24.5. The third-order valence-electron chi connectivity index (χ3n) is 6.92. The number of allylic oxidation sites excluding steroid dienone is 1. The number of ether oxygens (including phenoxy) is 3. The van der Waals surface area contributed by atoms with Gasteiger partial charge in [-0.25, -0.2) is 9.79 Å². The topological polar surface area (TPSA) is 102 Å². The van der Waals surface area contributed by atoms with Gasteiger partial charge in [0.1, 0.15) is 6.61 Å². The second-order valence-corrected chi connectivity index (χ2v) is 10.4. The van der Waals surface area contributed by atoms with Crippen molar-refractivity contribution in [2.24, 2.45) is 4.99 Å². The molecule has 10 heteroatoms. The van der Waals surface area contributed by atoms with Gasteiger partial charge in [0.25, 0.3) is 0 Å². The molecular formula is C32H32N4O5S. The molecule has 0 unspecified atom stereocenters. The third kappa shape index (κ3) is 6.33. The molecule has 42 heavy (non-hydrogen) atoms. The molecule has 3 aromatic rings. The molecule has 0 saturated carbocycles. The highest BCUT2D eigenvalue weighted by atomic mass is 32.2. The summed E-state index contributed by atoms with van der Waals surface area (Å²) in [6.45, 7) is 2.70. The van der Waals surface area contributed by atoms with Gasteiger partial charge in [0.15, 0.2) is 16.7 Å². The molecule has 0 saturated heterocycles. The summed E-state index contributed by atoms with van der Waals surface area (Å²) in [6, 6.07) is 18.7. The van der Waals surface area contributed by atoms with E-state index in [2.05, 4.69) is 10.3 Å². The first-order valence-corrected chi connectivity index (χ1v) is 14.5. The number of aliphatic imine (C=N–C) groups is 1. The van der Waals surface area contributed by atoms with Crippen LogP contribution < -0.4 is 14.8 Å². The van der Waals surface area contributed by atoms with E-state index in [1.807, 2.05) is 77.9 Å². The van der Waals surface area contributed by atoms with Crippen molar-refractivity contribution < 1.29 is 23.8 Å². The number of benzene rings is 2. The number of amides is 1. The Morgan fingerprint density at radius 1 is 1.02 bits per heavy atom. The summed E-state index contributed by atoms with van der Waals surface area (Å²) in [5.41, 5.74) is 4.52. The highest BCUT2D eigenvalue weighted by Crippen LogP contribution is 2.46. The first-order valence-electron chi connectivity index (χ1n) is 13.6. The van der Waals surface area contributed by atoms with Gasteiger partial charge in [-0.2, -0.15) is 0 Å². The minimum absolute atomic E-state index is 0.105. The third-order valence-corrected chi connectivity index (χ3v) is 7.81. The number of carbonyl (C=O) groups excluding carboxylic acids is 2. The molecule has 0 bridgehead atoms. The molecule has 0 radical (unpaired) electrons. The number of pyridine rings is 1. The lowest BCUT2D eigenvalue weighted by atomic mass is 9.92. The summed E-state index contributed by atoms with van der Waals surface area (Å²) in [4.78, 5) is 37.1. The summed E-state index contributed by atoms with van der Waals surface area (Å²) < 4.78 is 17.0. The van der Waals surface area contributed by atoms with Crippen LogP contribution in [0.5, 0.6) is 11.5 Å². The number of esters is 1. The quantitative estimate of drug-likeness (QED) is 0.294. The standard InChI is InChI=1S/C32H32N4O5S/c1-4-25-29(31(38)40-3)30(23-12-13-26(27(15-23)39-2)41-19-21-9-6-5-7-10-21)36-24(20-42-32(36)35-25)16-28(37)34-18-22-11-8-14-33-17-22/h5-15,17,20,30H,4,16,18-19H2,1-3H3,(H,34,37)/t30-/m0/s1. The average molecular weight is 585 g/mol. The number of amidine groups is 1. The summed E-state index contributed by atoms with van der Waals surface area (Å²) >= 11 is 1.43. The van der Waals surface area contributed by atoms with Gasteiger partial charge in [0.2, 0.25) is 5.91 Å². The van der Waals surface area contributed by atoms with E-state index in [0.29, 0.717) is 47.5 Å². The van der Waals surface area contributed by atoms with Crippen molar-refractivity contribution in [3.63, 3.8) is 0 Å². The summed E-state index contributed by atoms with van der Waals surface area (Å²) in [5.74, 6) is 0.481. The van der Waals surface area contributed by atoms with Crippen LogP contribution >= 0.6 is 11.8 Å². The Kier molecular flexibility index (Phi) is 9.23. The van der Waals surface area contributed by atoms with Crippen molar-refractivity contribution in [3.8, 4) is 11.5 Å². The fraction of sp³-hybridized carbons (Fsp3) is 0.250. The van der Waals surface area contributed by atoms with Crippen LogP contribution in [-0.2, 0) is 27.5 Å². The fourth-order valence-corrected chi connectivity index (χ4v) is 5.80. The molecule has 1 aromatic heterocycles. The SMILES string of the molecule is CCC1=C(C(=O)OC)[C@H](c2ccc(OCc3ccccc3)c(OC)c2)N2C(CC(=O)NCc3cccnc3)=CSC2=N1. The highest BCUT2D eigenvalue weighted by Gasteiger charge is 2.41. The number of carbonyl (C=O) groups is 2. The van der Waals surface area contributed by atoms with Crippen molar-refractivity contribution in [1.82, 2.24) is 15.2 Å². The summed E-state index contributed by atoms with van der Waals surface area (Å²) in [7, 11) is 2.95. The van der Waals surface area contributed by atoms with E-state index in [1.165, 1.54) is 18.9 Å². The molecule has 2 aliphatic heterocycles. The van der Waals surface area contributed by atoms with Crippen molar-refractivity contribution in [2.45, 2.75) is 39.0 Å². The van der Waals surface area contributed by atoms with Gasteiger partial charge in [-0.3, -0.25) is 9.78 Å². The molecule has 1 amide bonds. The van der Waals surface area contributed by atoms with Crippen LogP contribution in [0.1, 0.15) is 42.5 Å². The van der Waals surface area contributed by atoms with E-state index >= 15 is 0 Å². The normalized spacial score (nSPS) is 15.9. The van der Waals surface area contributed by atoms with Crippen LogP contribution in [0.2, 0.25) is 0 Å². The van der Waals surface area contributed by atoms with E-state index in [-0.39, 0.29) is 12.3 Å². The first kappa shape index (κ1) is 28.9. The van der Waals surface area contributed by atoms with E-state index in [0.717, 1.165) is 22.4 Å². The molecule has 5 rings (SSSR count). The number of methoxy groups -OCH3 is 2. The number of hydrogen-bond donors (Lipinski definition) is 1. The lowest BCUT2D eigenvalue weighted by Gasteiger charge is -2.36. The van der Waals surface area contributed by atoms with Gasteiger partial charge in [-0.05, 0) is 46.7 Å². The Balaban J connectivity index is 1.44. The van der Waals surface area contributed by atoms with Crippen LogP contribution in [-0.4, -0.2) is 41.1 Å². The largest absolute Gasteiger partial charge is 0.493 e. The van der Waals surface area contributed by atoms with Crippen LogP contribution in [0, 0.1) is 0 Å². The molecule has 0 aliphatic carbocycles. The lowest BCUT2D eigenvalue weighted by molar-refractivity contribution is -0.136. The predicted molar refractivity (Wildman–Crippen MR) is 161 cm³/mol. The molecule has 1 atom stereocenters. The molecule has 3 heterocycles. The maximum atomic E-state index is 13.2. The summed E-state index contributed by atoms with van der Waals surface area (Å²) in [5, 5.41) is 5.57. The van der Waals surface area contributed by atoms with Crippen molar-refractivity contribution >= 4 is 28.8 Å². The number of nitrogens with zero attached hydrogens (tertiary/aromatic N) is 3. The van der Waals surface area contributed by atoms with Crippen LogP contribution in [0.15, 0.2) is 100 Å². The van der Waals surface area contributed by atoms with E-state index in [9.17, 15) is 9.59 Å². The molecule has 2 aromatic carbocycles. The number of nitrogens with one attached hydrogen (secondary N) is 1. The molecule has 0 fully saturated rings.